The highest BCUT2D eigenvalue weighted by molar-refractivity contribution is 6.11. The van der Waals surface area contributed by atoms with Crippen molar-refractivity contribution in [2.45, 2.75) is 12.5 Å². The molecule has 0 radical (unpaired) electrons. The predicted octanol–water partition coefficient (Wildman–Crippen LogP) is 11.6. The Balaban J connectivity index is 1.25. The average Bonchev–Trinajstić information content (AvgIpc) is 3.13. The summed E-state index contributed by atoms with van der Waals surface area (Å²) in [6.07, 6.45) is 8.11. The van der Waals surface area contributed by atoms with E-state index in [-0.39, 0.29) is 6.04 Å². The number of allylic oxidation sites excluding steroid dienone is 1. The summed E-state index contributed by atoms with van der Waals surface area (Å²) in [5, 5.41) is 5.15. The summed E-state index contributed by atoms with van der Waals surface area (Å²) in [4.78, 5) is 4.92. The Morgan fingerprint density at radius 3 is 1.89 bits per heavy atom. The molecule has 0 heterocycles. The van der Waals surface area contributed by atoms with Gasteiger partial charge in [-0.25, -0.2) is 0 Å². The molecule has 2 nitrogen and oxygen atoms in total. The van der Waals surface area contributed by atoms with Crippen molar-refractivity contribution in [3.8, 4) is 0 Å². The zero-order valence-corrected chi connectivity index (χ0v) is 25.4. The third-order valence-electron chi connectivity index (χ3n) is 9.49. The van der Waals surface area contributed by atoms with Gasteiger partial charge in [0.25, 0.3) is 0 Å². The van der Waals surface area contributed by atoms with E-state index in [9.17, 15) is 0 Å². The van der Waals surface area contributed by atoms with Gasteiger partial charge in [0.2, 0.25) is 0 Å². The maximum Gasteiger partial charge on any atom is 0.0782 e. The minimum atomic E-state index is 0.0439. The Bertz CT molecular complexity index is 2240. The Morgan fingerprint density at radius 1 is 0.500 bits per heavy atom. The fraction of sp³-hybridized carbons (Fsp3) is 0.0455. The Labute approximate surface area is 269 Å². The number of nitrogens with zero attached hydrogens (tertiary/aromatic N) is 2. The fourth-order valence-corrected chi connectivity index (χ4v) is 7.49. The normalized spacial score (nSPS) is 14.7. The van der Waals surface area contributed by atoms with Gasteiger partial charge >= 0.3 is 0 Å². The standard InChI is InChI=1S/C44H32N2/c1-4-15-34(16-5-1)45(35-17-6-2-7-18-35)41-29-25-32-24-28-39-42(30-26-33-23-27-38(41)43(32)44(33)39)46(36-19-8-3-9-20-36)40-22-12-14-31-13-10-11-21-37(31)40/h1-23,25-30,42H,24H2. The zero-order chi connectivity index (χ0) is 30.5. The summed E-state index contributed by atoms with van der Waals surface area (Å²) in [5.74, 6) is 0. The third kappa shape index (κ3) is 4.26. The lowest BCUT2D eigenvalue weighted by Crippen LogP contribution is -2.33. The third-order valence-corrected chi connectivity index (χ3v) is 9.49. The van der Waals surface area contributed by atoms with E-state index in [0.717, 1.165) is 17.8 Å². The van der Waals surface area contributed by atoms with Gasteiger partial charge in [0.15, 0.2) is 0 Å². The Kier molecular flexibility index (Phi) is 6.31. The van der Waals surface area contributed by atoms with Crippen LogP contribution in [0, 0.1) is 0 Å². The molecular formula is C44H32N2. The van der Waals surface area contributed by atoms with Crippen molar-refractivity contribution in [1.29, 1.82) is 0 Å². The van der Waals surface area contributed by atoms with Crippen molar-refractivity contribution in [2.24, 2.45) is 0 Å². The maximum atomic E-state index is 2.53. The minimum Gasteiger partial charge on any atom is -0.330 e. The van der Waals surface area contributed by atoms with E-state index in [2.05, 4.69) is 186 Å². The molecule has 1 unspecified atom stereocenters. The van der Waals surface area contributed by atoms with Gasteiger partial charge in [0.05, 0.1) is 11.7 Å². The van der Waals surface area contributed by atoms with Gasteiger partial charge in [-0.3, -0.25) is 0 Å². The molecule has 1 atom stereocenters. The number of benzene rings is 7. The molecule has 0 aromatic heterocycles. The van der Waals surface area contributed by atoms with Gasteiger partial charge < -0.3 is 9.80 Å². The monoisotopic (exact) mass is 588 g/mol. The fourth-order valence-electron chi connectivity index (χ4n) is 7.49. The van der Waals surface area contributed by atoms with Crippen LogP contribution >= 0.6 is 0 Å². The summed E-state index contributed by atoms with van der Waals surface area (Å²) >= 11 is 0. The lowest BCUT2D eigenvalue weighted by Gasteiger charge is -2.39. The molecule has 2 aliphatic carbocycles. The van der Waals surface area contributed by atoms with Crippen LogP contribution in [0.15, 0.2) is 170 Å². The average molecular weight is 589 g/mol. The van der Waals surface area contributed by atoms with Crippen molar-refractivity contribution < 1.29 is 0 Å². The first-order valence-corrected chi connectivity index (χ1v) is 16.0. The van der Waals surface area contributed by atoms with Gasteiger partial charge in [-0.1, -0.05) is 127 Å². The maximum absolute atomic E-state index is 2.53. The number of hydrogen-bond acceptors (Lipinski definition) is 2. The van der Waals surface area contributed by atoms with E-state index < -0.39 is 0 Å². The van der Waals surface area contributed by atoms with E-state index in [1.807, 2.05) is 0 Å². The van der Waals surface area contributed by atoms with Gasteiger partial charge in [-0.15, -0.1) is 0 Å². The van der Waals surface area contributed by atoms with Crippen molar-refractivity contribution in [2.75, 3.05) is 9.80 Å². The van der Waals surface area contributed by atoms with E-state index >= 15 is 0 Å². The molecule has 218 valence electrons. The van der Waals surface area contributed by atoms with Crippen molar-refractivity contribution in [3.63, 3.8) is 0 Å². The van der Waals surface area contributed by atoms with Gasteiger partial charge in [-0.2, -0.15) is 0 Å². The summed E-state index contributed by atoms with van der Waals surface area (Å²) in [6, 6.07) is 57.0. The second-order valence-electron chi connectivity index (χ2n) is 12.1. The molecule has 0 amide bonds. The molecule has 2 heteroatoms. The van der Waals surface area contributed by atoms with Crippen LogP contribution in [0.1, 0.15) is 16.7 Å². The smallest absolute Gasteiger partial charge is 0.0782 e. The number of anilines is 5. The first-order valence-electron chi connectivity index (χ1n) is 16.0. The molecule has 0 fully saturated rings. The predicted molar refractivity (Wildman–Crippen MR) is 196 cm³/mol. The van der Waals surface area contributed by atoms with Crippen molar-refractivity contribution in [1.82, 2.24) is 0 Å². The molecule has 0 aliphatic heterocycles. The van der Waals surface area contributed by atoms with Crippen LogP contribution in [-0.4, -0.2) is 6.04 Å². The summed E-state index contributed by atoms with van der Waals surface area (Å²) in [6.45, 7) is 0. The highest BCUT2D eigenvalue weighted by Crippen LogP contribution is 2.48. The van der Waals surface area contributed by atoms with Crippen LogP contribution in [-0.2, 0) is 6.42 Å². The quantitative estimate of drug-likeness (QED) is 0.191. The van der Waals surface area contributed by atoms with Gasteiger partial charge in [0, 0.05) is 33.5 Å². The van der Waals surface area contributed by atoms with Crippen LogP contribution in [0.5, 0.6) is 0 Å². The molecule has 7 aromatic carbocycles. The SMILES string of the molecule is C1=CC(N(c2ccccc2)c2cccc3ccccc23)C2=CCc3ccc(N(c4ccccc4)c4ccccc4)c4ccc1c2c34. The highest BCUT2D eigenvalue weighted by atomic mass is 15.2. The lowest BCUT2D eigenvalue weighted by atomic mass is 9.78. The molecule has 0 saturated carbocycles. The molecule has 9 rings (SSSR count). The molecule has 0 saturated heterocycles. The second-order valence-corrected chi connectivity index (χ2v) is 12.1. The number of fused-ring (bicyclic) bond motifs is 1. The second kappa shape index (κ2) is 10.9. The summed E-state index contributed by atoms with van der Waals surface area (Å²) in [7, 11) is 0. The summed E-state index contributed by atoms with van der Waals surface area (Å²) < 4.78 is 0. The molecule has 0 spiro atoms. The van der Waals surface area contributed by atoms with Gasteiger partial charge in [0.1, 0.15) is 0 Å². The van der Waals surface area contributed by atoms with Crippen molar-refractivity contribution >= 4 is 61.6 Å². The first-order chi connectivity index (χ1) is 22.8. The van der Waals surface area contributed by atoms with E-state index in [1.165, 1.54) is 60.9 Å². The van der Waals surface area contributed by atoms with Crippen LogP contribution in [0.2, 0.25) is 0 Å². The van der Waals surface area contributed by atoms with Gasteiger partial charge in [-0.05, 0) is 88.0 Å². The van der Waals surface area contributed by atoms with Crippen molar-refractivity contribution in [3.05, 3.63) is 187 Å². The zero-order valence-electron chi connectivity index (χ0n) is 25.4. The molecule has 2 aliphatic rings. The molecule has 0 N–H and O–H groups in total. The molecular weight excluding hydrogens is 556 g/mol. The highest BCUT2D eigenvalue weighted by Gasteiger charge is 2.32. The van der Waals surface area contributed by atoms with Crippen LogP contribution in [0.4, 0.5) is 28.4 Å². The number of hydrogen-bond donors (Lipinski definition) is 0. The molecule has 46 heavy (non-hydrogen) atoms. The lowest BCUT2D eigenvalue weighted by molar-refractivity contribution is 0.955. The van der Waals surface area contributed by atoms with Crippen LogP contribution in [0.3, 0.4) is 0 Å². The first kappa shape index (κ1) is 26.5. The number of para-hydroxylation sites is 3. The topological polar surface area (TPSA) is 6.48 Å². The van der Waals surface area contributed by atoms with Crippen LogP contribution in [0.25, 0.3) is 33.2 Å². The molecule has 7 aromatic rings. The summed E-state index contributed by atoms with van der Waals surface area (Å²) in [5.41, 5.74) is 11.3. The number of rotatable bonds is 6. The van der Waals surface area contributed by atoms with Crippen LogP contribution < -0.4 is 9.80 Å². The largest absolute Gasteiger partial charge is 0.330 e. The van der Waals surface area contributed by atoms with E-state index in [4.69, 9.17) is 0 Å². The van der Waals surface area contributed by atoms with E-state index in [1.54, 1.807) is 0 Å². The minimum absolute atomic E-state index is 0.0439. The Morgan fingerprint density at radius 2 is 1.15 bits per heavy atom. The van der Waals surface area contributed by atoms with E-state index in [0.29, 0.717) is 0 Å². The Hall–Kier alpha value is -5.86. The molecule has 0 bridgehead atoms.